The lowest BCUT2D eigenvalue weighted by atomic mass is 10.1. The molecule has 0 spiro atoms. The molecule has 0 bridgehead atoms. The van der Waals surface area contributed by atoms with Crippen LogP contribution < -0.4 is 10.6 Å². The van der Waals surface area contributed by atoms with E-state index in [-0.39, 0.29) is 19.0 Å². The van der Waals surface area contributed by atoms with Crippen LogP contribution in [0.25, 0.3) is 0 Å². The summed E-state index contributed by atoms with van der Waals surface area (Å²) in [4.78, 5) is 10.5. The van der Waals surface area contributed by atoms with Gasteiger partial charge in [0.1, 0.15) is 0 Å². The molecule has 1 heterocycles. The SMILES string of the molecule is B.O=[N+]([O-])c1ccc2c(c1)NCC(Cc1ccccc1)NC2. The largest absolute Gasteiger partial charge is 0.383 e. The first-order valence-corrected chi connectivity index (χ1v) is 7.01. The van der Waals surface area contributed by atoms with Crippen LogP contribution in [0, 0.1) is 10.1 Å². The van der Waals surface area contributed by atoms with Crippen LogP contribution in [-0.4, -0.2) is 25.9 Å². The summed E-state index contributed by atoms with van der Waals surface area (Å²) in [5.74, 6) is 0. The van der Waals surface area contributed by atoms with Crippen LogP contribution in [-0.2, 0) is 13.0 Å². The first-order valence-electron chi connectivity index (χ1n) is 7.01. The van der Waals surface area contributed by atoms with E-state index in [1.165, 1.54) is 5.56 Å². The fourth-order valence-corrected chi connectivity index (χ4v) is 2.60. The van der Waals surface area contributed by atoms with Crippen molar-refractivity contribution < 1.29 is 4.92 Å². The Hall–Kier alpha value is -2.34. The molecule has 114 valence electrons. The summed E-state index contributed by atoms with van der Waals surface area (Å²) in [6.45, 7) is 1.47. The van der Waals surface area contributed by atoms with Crippen molar-refractivity contribution in [1.82, 2.24) is 5.32 Å². The van der Waals surface area contributed by atoms with Crippen molar-refractivity contribution in [3.8, 4) is 0 Å². The molecule has 2 N–H and O–H groups in total. The number of fused-ring (bicyclic) bond motifs is 1. The first-order chi connectivity index (χ1) is 10.2. The molecule has 2 aromatic rings. The van der Waals surface area contributed by atoms with Gasteiger partial charge in [0.25, 0.3) is 5.69 Å². The van der Waals surface area contributed by atoms with E-state index >= 15 is 0 Å². The number of hydrogen-bond acceptors (Lipinski definition) is 4. The maximum Gasteiger partial charge on any atom is 0.271 e. The van der Waals surface area contributed by atoms with E-state index in [1.54, 1.807) is 12.1 Å². The molecule has 2 aromatic carbocycles. The second kappa shape index (κ2) is 7.09. The highest BCUT2D eigenvalue weighted by Gasteiger charge is 2.17. The van der Waals surface area contributed by atoms with Crippen molar-refractivity contribution in [3.05, 3.63) is 69.8 Å². The Labute approximate surface area is 131 Å². The number of anilines is 1. The zero-order chi connectivity index (χ0) is 14.7. The highest BCUT2D eigenvalue weighted by Crippen LogP contribution is 2.24. The second-order valence-electron chi connectivity index (χ2n) is 5.25. The van der Waals surface area contributed by atoms with E-state index in [2.05, 4.69) is 22.8 Å². The fraction of sp³-hybridized carbons (Fsp3) is 0.250. The lowest BCUT2D eigenvalue weighted by molar-refractivity contribution is -0.384. The van der Waals surface area contributed by atoms with Crippen LogP contribution in [0.3, 0.4) is 0 Å². The van der Waals surface area contributed by atoms with Gasteiger partial charge in [-0.3, -0.25) is 10.1 Å². The summed E-state index contributed by atoms with van der Waals surface area (Å²) >= 11 is 0. The molecule has 0 aromatic heterocycles. The molecular weight excluding hydrogens is 277 g/mol. The van der Waals surface area contributed by atoms with Gasteiger partial charge >= 0.3 is 0 Å². The Bertz CT molecular complexity index is 649. The predicted molar refractivity (Wildman–Crippen MR) is 92.3 cm³/mol. The van der Waals surface area contributed by atoms with Gasteiger partial charge in [-0.25, -0.2) is 0 Å². The quantitative estimate of drug-likeness (QED) is 0.512. The minimum absolute atomic E-state index is 0. The van der Waals surface area contributed by atoms with Crippen molar-refractivity contribution in [1.29, 1.82) is 0 Å². The molecule has 1 atom stereocenters. The number of nitro groups is 1. The van der Waals surface area contributed by atoms with Crippen LogP contribution in [0.1, 0.15) is 11.1 Å². The maximum absolute atomic E-state index is 10.8. The summed E-state index contributed by atoms with van der Waals surface area (Å²) in [6, 6.07) is 15.6. The lowest BCUT2D eigenvalue weighted by Gasteiger charge is -2.15. The second-order valence-corrected chi connectivity index (χ2v) is 5.25. The normalized spacial score (nSPS) is 16.6. The van der Waals surface area contributed by atoms with E-state index in [4.69, 9.17) is 0 Å². The standard InChI is InChI=1S/C16H17N3O2.BH3/c20-19(21)15-7-6-13-10-17-14(11-18-16(13)9-15)8-12-4-2-1-3-5-12;/h1-7,9,14,17-18H,8,10-11H2;1H3. The molecule has 0 aliphatic carbocycles. The van der Waals surface area contributed by atoms with Gasteiger partial charge in [0.05, 0.1) is 13.3 Å². The molecule has 3 rings (SSSR count). The Kier molecular flexibility index (Phi) is 5.17. The highest BCUT2D eigenvalue weighted by molar-refractivity contribution is 5.75. The fourth-order valence-electron chi connectivity index (χ4n) is 2.60. The van der Waals surface area contributed by atoms with Crippen molar-refractivity contribution in [3.63, 3.8) is 0 Å². The number of benzene rings is 2. The Morgan fingerprint density at radius 1 is 1.18 bits per heavy atom. The molecule has 0 amide bonds. The molecule has 0 saturated heterocycles. The molecular formula is C16H20BN3O2. The summed E-state index contributed by atoms with van der Waals surface area (Å²) < 4.78 is 0. The number of nitro benzene ring substituents is 1. The van der Waals surface area contributed by atoms with E-state index < -0.39 is 0 Å². The van der Waals surface area contributed by atoms with Crippen LogP contribution in [0.4, 0.5) is 11.4 Å². The summed E-state index contributed by atoms with van der Waals surface area (Å²) in [5, 5.41) is 17.7. The molecule has 0 radical (unpaired) electrons. The summed E-state index contributed by atoms with van der Waals surface area (Å²) in [6.07, 6.45) is 0.934. The Balaban J connectivity index is 0.00000176. The van der Waals surface area contributed by atoms with Crippen LogP contribution in [0.15, 0.2) is 48.5 Å². The summed E-state index contributed by atoms with van der Waals surface area (Å²) in [7, 11) is 0. The molecule has 0 saturated carbocycles. The van der Waals surface area contributed by atoms with Crippen LogP contribution >= 0.6 is 0 Å². The van der Waals surface area contributed by atoms with Gasteiger partial charge in [-0.2, -0.15) is 0 Å². The highest BCUT2D eigenvalue weighted by atomic mass is 16.6. The van der Waals surface area contributed by atoms with Gasteiger partial charge in [-0.1, -0.05) is 30.3 Å². The maximum atomic E-state index is 10.8. The molecule has 5 nitrogen and oxygen atoms in total. The van der Waals surface area contributed by atoms with Crippen LogP contribution in [0.2, 0.25) is 0 Å². The van der Waals surface area contributed by atoms with Crippen molar-refractivity contribution in [2.75, 3.05) is 11.9 Å². The third-order valence-electron chi connectivity index (χ3n) is 3.75. The minimum atomic E-state index is -0.359. The zero-order valence-corrected chi connectivity index (χ0v) is 11.6. The molecule has 6 heteroatoms. The molecule has 1 aliphatic heterocycles. The third-order valence-corrected chi connectivity index (χ3v) is 3.75. The molecule has 22 heavy (non-hydrogen) atoms. The number of hydrogen-bond donors (Lipinski definition) is 2. The predicted octanol–water partition coefficient (Wildman–Crippen LogP) is 1.54. The van der Waals surface area contributed by atoms with Crippen molar-refractivity contribution in [2.45, 2.75) is 19.0 Å². The number of non-ortho nitro benzene ring substituents is 1. The van der Waals surface area contributed by atoms with Gasteiger partial charge < -0.3 is 10.6 Å². The number of nitrogens with one attached hydrogen (secondary N) is 2. The Morgan fingerprint density at radius 2 is 1.95 bits per heavy atom. The van der Waals surface area contributed by atoms with Gasteiger partial charge in [0, 0.05) is 37.0 Å². The van der Waals surface area contributed by atoms with Crippen LogP contribution in [0.5, 0.6) is 0 Å². The Morgan fingerprint density at radius 3 is 2.68 bits per heavy atom. The van der Waals surface area contributed by atoms with E-state index in [0.29, 0.717) is 6.04 Å². The molecule has 0 fully saturated rings. The zero-order valence-electron chi connectivity index (χ0n) is 11.6. The molecule has 1 aliphatic rings. The van der Waals surface area contributed by atoms with E-state index in [0.717, 1.165) is 30.8 Å². The van der Waals surface area contributed by atoms with E-state index in [1.807, 2.05) is 24.3 Å². The van der Waals surface area contributed by atoms with Crippen molar-refractivity contribution >= 4 is 19.8 Å². The smallest absolute Gasteiger partial charge is 0.271 e. The molecule has 1 unspecified atom stereocenters. The average Bonchev–Trinajstić information content (AvgIpc) is 2.70. The average molecular weight is 297 g/mol. The first kappa shape index (κ1) is 16.0. The monoisotopic (exact) mass is 297 g/mol. The van der Waals surface area contributed by atoms with Gasteiger partial charge in [-0.15, -0.1) is 0 Å². The van der Waals surface area contributed by atoms with Gasteiger partial charge in [-0.05, 0) is 23.6 Å². The minimum Gasteiger partial charge on any atom is -0.383 e. The van der Waals surface area contributed by atoms with Gasteiger partial charge in [0.2, 0.25) is 0 Å². The number of rotatable bonds is 3. The van der Waals surface area contributed by atoms with Gasteiger partial charge in [0.15, 0.2) is 0 Å². The lowest BCUT2D eigenvalue weighted by Crippen LogP contribution is -2.34. The summed E-state index contributed by atoms with van der Waals surface area (Å²) in [5.41, 5.74) is 3.33. The topological polar surface area (TPSA) is 67.2 Å². The van der Waals surface area contributed by atoms with E-state index in [9.17, 15) is 10.1 Å². The van der Waals surface area contributed by atoms with Crippen molar-refractivity contribution in [2.24, 2.45) is 0 Å². The number of nitrogens with zero attached hydrogens (tertiary/aromatic N) is 1. The third kappa shape index (κ3) is 3.65.